The van der Waals surface area contributed by atoms with Crippen LogP contribution in [0.5, 0.6) is 0 Å². The second-order valence-electron chi connectivity index (χ2n) is 8.20. The predicted molar refractivity (Wildman–Crippen MR) is 124 cm³/mol. The van der Waals surface area contributed by atoms with Crippen LogP contribution in [-0.2, 0) is 24.3 Å². The van der Waals surface area contributed by atoms with Gasteiger partial charge in [0.05, 0.1) is 42.3 Å². The van der Waals surface area contributed by atoms with Gasteiger partial charge in [0.1, 0.15) is 17.9 Å². The number of hydrogen-bond donors (Lipinski definition) is 2. The van der Waals surface area contributed by atoms with Crippen molar-refractivity contribution in [3.8, 4) is 6.07 Å². The van der Waals surface area contributed by atoms with Crippen molar-refractivity contribution in [2.75, 3.05) is 12.9 Å². The van der Waals surface area contributed by atoms with Gasteiger partial charge in [-0.1, -0.05) is 11.6 Å². The Morgan fingerprint density at radius 1 is 1.44 bits per heavy atom. The molecule has 2 unspecified atom stereocenters. The van der Waals surface area contributed by atoms with Gasteiger partial charge in [-0.3, -0.25) is 24.7 Å². The van der Waals surface area contributed by atoms with Crippen molar-refractivity contribution in [3.05, 3.63) is 41.1 Å². The molecule has 0 bridgehead atoms. The van der Waals surface area contributed by atoms with Crippen LogP contribution in [0.2, 0.25) is 5.02 Å². The van der Waals surface area contributed by atoms with E-state index in [1.807, 2.05) is 4.72 Å². The highest BCUT2D eigenvalue weighted by molar-refractivity contribution is 7.89. The smallest absolute Gasteiger partial charge is 0.262 e. The van der Waals surface area contributed by atoms with E-state index < -0.39 is 39.4 Å². The number of amides is 2. The molecule has 3 aliphatic heterocycles. The normalized spacial score (nSPS) is 27.6. The van der Waals surface area contributed by atoms with Crippen molar-refractivity contribution < 1.29 is 22.7 Å². The molecule has 2 fully saturated rings. The molecule has 0 saturated carbocycles. The maximum Gasteiger partial charge on any atom is 0.262 e. The fraction of sp³-hybridized carbons (Fsp3) is 0.381. The second kappa shape index (κ2) is 9.17. The molecule has 3 aliphatic rings. The number of halogens is 1. The van der Waals surface area contributed by atoms with Crippen molar-refractivity contribution in [2.45, 2.75) is 30.9 Å². The number of allylic oxidation sites excluding steroid dienone is 1. The lowest BCUT2D eigenvalue weighted by Crippen LogP contribution is -2.59. The summed E-state index contributed by atoms with van der Waals surface area (Å²) in [5.41, 5.74) is 3.36. The minimum absolute atomic E-state index is 0.0179. The van der Waals surface area contributed by atoms with E-state index in [1.54, 1.807) is 35.4 Å². The third kappa shape index (κ3) is 4.82. The van der Waals surface area contributed by atoms with Crippen molar-refractivity contribution in [1.29, 1.82) is 5.26 Å². The number of nitrogens with zero attached hydrogens (tertiary/aromatic N) is 4. The monoisotopic (exact) mass is 504 g/mol. The summed E-state index contributed by atoms with van der Waals surface area (Å²) in [7, 11) is -3.73. The molecule has 178 valence electrons. The van der Waals surface area contributed by atoms with Gasteiger partial charge in [0.15, 0.2) is 0 Å². The summed E-state index contributed by atoms with van der Waals surface area (Å²) in [6.07, 6.45) is 3.47. The summed E-state index contributed by atoms with van der Waals surface area (Å²) in [5.74, 6) is -1.62. The molecule has 1 aromatic carbocycles. The molecule has 0 spiro atoms. The minimum atomic E-state index is -3.73. The average molecular weight is 505 g/mol. The van der Waals surface area contributed by atoms with Crippen LogP contribution < -0.4 is 10.1 Å². The SMILES string of the molecule is CS(=O)(=O)NC(=O)C1CC[C@@](CC#N)(N2NC(=Nc3ccc(Cl)cc3)C3C(=O)N=CC=C32)CO1. The number of hydrazine groups is 1. The lowest BCUT2D eigenvalue weighted by molar-refractivity contribution is -0.142. The number of carbonyl (C=O) groups excluding carboxylic acids is 2. The fourth-order valence-electron chi connectivity index (χ4n) is 4.13. The van der Waals surface area contributed by atoms with E-state index in [4.69, 9.17) is 16.3 Å². The molecule has 2 N–H and O–H groups in total. The van der Waals surface area contributed by atoms with Gasteiger partial charge in [0, 0.05) is 11.2 Å². The van der Waals surface area contributed by atoms with Crippen molar-refractivity contribution in [2.24, 2.45) is 15.9 Å². The number of aliphatic imine (C=N–C) groups is 2. The topological polar surface area (TPSA) is 153 Å². The third-order valence-corrected chi connectivity index (χ3v) is 6.53. The molecule has 3 heterocycles. The van der Waals surface area contributed by atoms with Crippen LogP contribution in [0.3, 0.4) is 0 Å². The zero-order chi connectivity index (χ0) is 24.5. The van der Waals surface area contributed by atoms with Crippen molar-refractivity contribution in [1.82, 2.24) is 15.2 Å². The molecule has 0 aromatic heterocycles. The van der Waals surface area contributed by atoms with Crippen LogP contribution in [0.4, 0.5) is 5.69 Å². The Bertz CT molecular complexity index is 1240. The van der Waals surface area contributed by atoms with Gasteiger partial charge in [-0.05, 0) is 43.2 Å². The second-order valence-corrected chi connectivity index (χ2v) is 10.4. The van der Waals surface area contributed by atoms with Crippen LogP contribution in [0.15, 0.2) is 46.0 Å². The Balaban J connectivity index is 1.63. The summed E-state index contributed by atoms with van der Waals surface area (Å²) < 4.78 is 30.4. The molecule has 2 amide bonds. The Morgan fingerprint density at radius 3 is 2.79 bits per heavy atom. The zero-order valence-corrected chi connectivity index (χ0v) is 19.6. The molecule has 4 rings (SSSR count). The predicted octanol–water partition coefficient (Wildman–Crippen LogP) is 1.21. The van der Waals surface area contributed by atoms with E-state index >= 15 is 0 Å². The lowest BCUT2D eigenvalue weighted by atomic mass is 9.85. The quantitative estimate of drug-likeness (QED) is 0.606. The van der Waals surface area contributed by atoms with Gasteiger partial charge >= 0.3 is 0 Å². The molecule has 0 aliphatic carbocycles. The molecule has 13 heteroatoms. The van der Waals surface area contributed by atoms with Crippen LogP contribution in [-0.4, -0.2) is 61.8 Å². The number of sulfonamides is 1. The summed E-state index contributed by atoms with van der Waals surface area (Å²) in [6.45, 7) is -0.0565. The molecule has 2 saturated heterocycles. The Morgan fingerprint density at radius 2 is 2.18 bits per heavy atom. The van der Waals surface area contributed by atoms with Gasteiger partial charge in [-0.2, -0.15) is 5.26 Å². The van der Waals surface area contributed by atoms with E-state index in [1.165, 1.54) is 6.21 Å². The van der Waals surface area contributed by atoms with E-state index in [0.717, 1.165) is 6.26 Å². The van der Waals surface area contributed by atoms with Crippen molar-refractivity contribution in [3.63, 3.8) is 0 Å². The molecular formula is C21H21ClN6O5S. The molecule has 11 nitrogen and oxygen atoms in total. The summed E-state index contributed by atoms with van der Waals surface area (Å²) in [4.78, 5) is 33.4. The van der Waals surface area contributed by atoms with Crippen molar-refractivity contribution >= 4 is 51.2 Å². The van der Waals surface area contributed by atoms with Gasteiger partial charge in [-0.15, -0.1) is 0 Å². The van der Waals surface area contributed by atoms with E-state index in [-0.39, 0.29) is 19.4 Å². The third-order valence-electron chi connectivity index (χ3n) is 5.71. The number of benzene rings is 1. The molecule has 3 atom stereocenters. The summed E-state index contributed by atoms with van der Waals surface area (Å²) in [6, 6.07) is 8.93. The Labute approximate surface area is 201 Å². The van der Waals surface area contributed by atoms with Gasteiger partial charge < -0.3 is 4.74 Å². The molecule has 1 aromatic rings. The summed E-state index contributed by atoms with van der Waals surface area (Å²) in [5, 5.41) is 11.8. The number of nitriles is 1. The highest BCUT2D eigenvalue weighted by Gasteiger charge is 2.51. The number of nitrogens with one attached hydrogen (secondary N) is 2. The minimum Gasteiger partial charge on any atom is -0.366 e. The highest BCUT2D eigenvalue weighted by Crippen LogP contribution is 2.40. The number of hydrogen-bond acceptors (Lipinski definition) is 8. The van der Waals surface area contributed by atoms with E-state index in [9.17, 15) is 23.3 Å². The largest absolute Gasteiger partial charge is 0.366 e. The molecular weight excluding hydrogens is 484 g/mol. The first kappa shape index (κ1) is 23.9. The molecule has 34 heavy (non-hydrogen) atoms. The van der Waals surface area contributed by atoms with E-state index in [0.29, 0.717) is 28.7 Å². The number of amidine groups is 1. The Hall–Kier alpha value is -3.27. The first-order valence-corrected chi connectivity index (χ1v) is 12.6. The molecule has 0 radical (unpaired) electrons. The first-order valence-electron chi connectivity index (χ1n) is 10.3. The number of carbonyl (C=O) groups is 2. The zero-order valence-electron chi connectivity index (χ0n) is 18.1. The lowest BCUT2D eigenvalue weighted by Gasteiger charge is -2.45. The van der Waals surface area contributed by atoms with Crippen LogP contribution in [0.25, 0.3) is 0 Å². The van der Waals surface area contributed by atoms with Gasteiger partial charge in [-0.25, -0.2) is 18.4 Å². The van der Waals surface area contributed by atoms with E-state index in [2.05, 4.69) is 21.5 Å². The average Bonchev–Trinajstić information content (AvgIpc) is 3.15. The van der Waals surface area contributed by atoms with Gasteiger partial charge in [0.25, 0.3) is 11.8 Å². The maximum absolute atomic E-state index is 12.7. The number of rotatable bonds is 5. The fourth-order valence-corrected chi connectivity index (χ4v) is 4.76. The maximum atomic E-state index is 12.7. The number of fused-ring (bicyclic) bond motifs is 1. The van der Waals surface area contributed by atoms with Crippen LogP contribution >= 0.6 is 11.6 Å². The van der Waals surface area contributed by atoms with Crippen LogP contribution in [0.1, 0.15) is 19.3 Å². The van der Waals surface area contributed by atoms with Crippen LogP contribution in [0, 0.1) is 17.2 Å². The first-order chi connectivity index (χ1) is 16.1. The standard InChI is InChI=1S/C21H21ClN6O5S/c1-34(31,32)27-19(29)16-6-8-21(9-10-23,12-33-16)28-15-7-11-24-20(30)17(15)18(26-28)25-14-4-2-13(22)3-5-14/h2-5,7,11,16-17H,6,8-9,12H2,1H3,(H,25,26)(H,27,29)/t16?,17?,21-/m0/s1. The highest BCUT2D eigenvalue weighted by atomic mass is 35.5. The number of dihydropyridines is 1. The summed E-state index contributed by atoms with van der Waals surface area (Å²) >= 11 is 5.95. The number of ether oxygens (including phenoxy) is 1. The van der Waals surface area contributed by atoms with Gasteiger partial charge in [0.2, 0.25) is 10.0 Å². The Kier molecular flexibility index (Phi) is 6.44.